The van der Waals surface area contributed by atoms with Crippen LogP contribution in [0.3, 0.4) is 0 Å². The molecule has 7 nitrogen and oxygen atoms in total. The molecule has 0 saturated heterocycles. The summed E-state index contributed by atoms with van der Waals surface area (Å²) in [6.07, 6.45) is 1.02. The lowest BCUT2D eigenvalue weighted by Crippen LogP contribution is -1.93. The van der Waals surface area contributed by atoms with Gasteiger partial charge in [-0.1, -0.05) is 56.3 Å². The number of hydrogen-bond acceptors (Lipinski definition) is 4. The van der Waals surface area contributed by atoms with E-state index in [0.29, 0.717) is 17.0 Å². The Morgan fingerprint density at radius 2 is 1.90 bits per heavy atom. The molecule has 0 saturated carbocycles. The number of nitrogens with one attached hydrogen (secondary N) is 2. The number of carbonyl (C=O) groups is 1. The molecule has 2 aromatic carbocycles. The van der Waals surface area contributed by atoms with Crippen molar-refractivity contribution in [3.63, 3.8) is 0 Å². The highest BCUT2D eigenvalue weighted by molar-refractivity contribution is 5.96. The maximum atomic E-state index is 12.4. The average molecular weight is 387 g/mol. The van der Waals surface area contributed by atoms with Crippen molar-refractivity contribution in [3.05, 3.63) is 65.9 Å². The van der Waals surface area contributed by atoms with Crippen molar-refractivity contribution >= 4 is 22.5 Å². The fourth-order valence-electron chi connectivity index (χ4n) is 3.23. The van der Waals surface area contributed by atoms with E-state index in [1.165, 1.54) is 5.56 Å². The number of azo groups is 1. The van der Waals surface area contributed by atoms with Gasteiger partial charge in [0, 0.05) is 10.9 Å². The highest BCUT2D eigenvalue weighted by Crippen LogP contribution is 2.35. The molecule has 146 valence electrons. The number of aromatic amines is 2. The third-order valence-corrected chi connectivity index (χ3v) is 4.60. The van der Waals surface area contributed by atoms with Gasteiger partial charge < -0.3 is 10.1 Å². The Kier molecular flexibility index (Phi) is 4.95. The number of fused-ring (bicyclic) bond motifs is 1. The second kappa shape index (κ2) is 7.71. The van der Waals surface area contributed by atoms with Crippen LogP contribution in [0.5, 0.6) is 5.88 Å². The van der Waals surface area contributed by atoms with E-state index in [1.807, 2.05) is 30.3 Å². The largest absolute Gasteiger partial charge is 0.493 e. The van der Waals surface area contributed by atoms with Crippen molar-refractivity contribution in [2.24, 2.45) is 16.1 Å². The Bertz CT molecular complexity index is 1190. The van der Waals surface area contributed by atoms with Gasteiger partial charge in [0.15, 0.2) is 5.69 Å². The second-order valence-electron chi connectivity index (χ2n) is 7.33. The van der Waals surface area contributed by atoms with Gasteiger partial charge in [0.25, 0.3) is 0 Å². The van der Waals surface area contributed by atoms with Crippen molar-refractivity contribution < 1.29 is 9.90 Å². The number of rotatable bonds is 5. The van der Waals surface area contributed by atoms with E-state index in [9.17, 15) is 9.90 Å². The van der Waals surface area contributed by atoms with Gasteiger partial charge in [0.1, 0.15) is 5.69 Å². The van der Waals surface area contributed by atoms with E-state index in [2.05, 4.69) is 51.4 Å². The molecule has 0 fully saturated rings. The molecular formula is C22H21N5O2. The maximum Gasteiger partial charge on any atom is 0.313 e. The van der Waals surface area contributed by atoms with Crippen LogP contribution < -0.4 is 0 Å². The zero-order chi connectivity index (χ0) is 20.4. The molecular weight excluding hydrogens is 366 g/mol. The van der Waals surface area contributed by atoms with Gasteiger partial charge in [-0.3, -0.25) is 9.89 Å². The lowest BCUT2D eigenvalue weighted by Gasteiger charge is -2.05. The van der Waals surface area contributed by atoms with Gasteiger partial charge in [0.05, 0.1) is 11.2 Å². The fourth-order valence-corrected chi connectivity index (χ4v) is 3.23. The molecule has 0 aliphatic carbocycles. The van der Waals surface area contributed by atoms with Crippen LogP contribution in [0.15, 0.2) is 64.8 Å². The lowest BCUT2D eigenvalue weighted by atomic mass is 10.0. The zero-order valence-electron chi connectivity index (χ0n) is 16.2. The van der Waals surface area contributed by atoms with Crippen molar-refractivity contribution in [1.82, 2.24) is 15.2 Å². The molecule has 0 atom stereocenters. The number of aromatic nitrogens is 3. The first-order chi connectivity index (χ1) is 14.0. The topological polar surface area (TPSA) is 106 Å². The summed E-state index contributed by atoms with van der Waals surface area (Å²) in [6, 6.07) is 17.0. The number of para-hydroxylation sites is 1. The molecule has 0 bridgehead atoms. The van der Waals surface area contributed by atoms with Crippen molar-refractivity contribution in [2.45, 2.75) is 20.3 Å². The van der Waals surface area contributed by atoms with Crippen LogP contribution in [-0.4, -0.2) is 26.2 Å². The number of amides is 1. The maximum absolute atomic E-state index is 12.4. The van der Waals surface area contributed by atoms with Crippen molar-refractivity contribution in [1.29, 1.82) is 0 Å². The van der Waals surface area contributed by atoms with Gasteiger partial charge in [-0.2, -0.15) is 5.10 Å². The Balaban J connectivity index is 1.52. The molecule has 29 heavy (non-hydrogen) atoms. The Labute approximate surface area is 167 Å². The highest BCUT2D eigenvalue weighted by Gasteiger charge is 2.13. The summed E-state index contributed by atoms with van der Waals surface area (Å²) < 4.78 is 0. The van der Waals surface area contributed by atoms with Crippen LogP contribution in [0.25, 0.3) is 22.2 Å². The summed E-state index contributed by atoms with van der Waals surface area (Å²) in [7, 11) is 0. The predicted molar refractivity (Wildman–Crippen MR) is 111 cm³/mol. The fraction of sp³-hybridized carbons (Fsp3) is 0.182. The molecule has 3 N–H and O–H groups in total. The van der Waals surface area contributed by atoms with Gasteiger partial charge in [-0.15, -0.1) is 10.2 Å². The standard InChI is InChI=1S/C22H21N5O2/c1-13(2)11-14-7-9-15(10-8-14)18-12-19(25-24-18)21(28)27-26-20-16-5-3-4-6-17(16)23-22(20)29/h3-10,12-13,23,29H,11H2,1-2H3,(H,24,25). The van der Waals surface area contributed by atoms with Crippen molar-refractivity contribution in [3.8, 4) is 17.1 Å². The molecule has 0 spiro atoms. The summed E-state index contributed by atoms with van der Waals surface area (Å²) in [6.45, 7) is 4.37. The quantitative estimate of drug-likeness (QED) is 0.400. The first-order valence-corrected chi connectivity index (χ1v) is 9.41. The summed E-state index contributed by atoms with van der Waals surface area (Å²) >= 11 is 0. The van der Waals surface area contributed by atoms with Crippen molar-refractivity contribution in [2.75, 3.05) is 0 Å². The number of nitrogens with zero attached hydrogens (tertiary/aromatic N) is 3. The number of aromatic hydroxyl groups is 1. The predicted octanol–water partition coefficient (Wildman–Crippen LogP) is 5.39. The van der Waals surface area contributed by atoms with E-state index in [0.717, 1.165) is 17.5 Å². The van der Waals surface area contributed by atoms with Crippen LogP contribution in [-0.2, 0) is 6.42 Å². The van der Waals surface area contributed by atoms with E-state index in [-0.39, 0.29) is 17.3 Å². The highest BCUT2D eigenvalue weighted by atomic mass is 16.3. The van der Waals surface area contributed by atoms with Crippen LogP contribution in [0, 0.1) is 5.92 Å². The summed E-state index contributed by atoms with van der Waals surface area (Å²) in [5, 5.41) is 25.3. The lowest BCUT2D eigenvalue weighted by molar-refractivity contribution is 0.0990. The van der Waals surface area contributed by atoms with Gasteiger partial charge in [-0.05, 0) is 30.0 Å². The molecule has 2 heterocycles. The van der Waals surface area contributed by atoms with Gasteiger partial charge >= 0.3 is 5.91 Å². The molecule has 0 aliphatic heterocycles. The first-order valence-electron chi connectivity index (χ1n) is 9.41. The minimum atomic E-state index is -0.565. The second-order valence-corrected chi connectivity index (χ2v) is 7.33. The minimum absolute atomic E-state index is 0.130. The third kappa shape index (κ3) is 3.94. The zero-order valence-corrected chi connectivity index (χ0v) is 16.2. The number of H-pyrrole nitrogens is 2. The number of hydrogen-bond donors (Lipinski definition) is 3. The Hall–Kier alpha value is -3.74. The molecule has 4 aromatic rings. The van der Waals surface area contributed by atoms with Crippen LogP contribution in [0.4, 0.5) is 5.69 Å². The number of benzene rings is 2. The monoisotopic (exact) mass is 387 g/mol. The van der Waals surface area contributed by atoms with Crippen LogP contribution >= 0.6 is 0 Å². The third-order valence-electron chi connectivity index (χ3n) is 4.60. The normalized spacial score (nSPS) is 11.7. The minimum Gasteiger partial charge on any atom is -0.493 e. The van der Waals surface area contributed by atoms with Gasteiger partial charge in [0.2, 0.25) is 5.88 Å². The number of carbonyl (C=O) groups excluding carboxylic acids is 1. The van der Waals surface area contributed by atoms with E-state index in [4.69, 9.17) is 0 Å². The van der Waals surface area contributed by atoms with Gasteiger partial charge in [-0.25, -0.2) is 0 Å². The average Bonchev–Trinajstić information content (AvgIpc) is 3.31. The Morgan fingerprint density at radius 3 is 2.66 bits per heavy atom. The summed E-state index contributed by atoms with van der Waals surface area (Å²) in [5.74, 6) is -0.100. The van der Waals surface area contributed by atoms with E-state index >= 15 is 0 Å². The van der Waals surface area contributed by atoms with E-state index in [1.54, 1.807) is 12.1 Å². The molecule has 2 aromatic heterocycles. The molecule has 0 unspecified atom stereocenters. The SMILES string of the molecule is CC(C)Cc1ccc(-c2cc(C(=O)N=Nc3c(O)[nH]c4ccccc34)[nH]n2)cc1. The molecule has 0 aliphatic rings. The molecule has 0 radical (unpaired) electrons. The van der Waals surface area contributed by atoms with Crippen LogP contribution in [0.1, 0.15) is 29.9 Å². The Morgan fingerprint density at radius 1 is 1.14 bits per heavy atom. The molecule has 7 heteroatoms. The first kappa shape index (κ1) is 18.6. The summed E-state index contributed by atoms with van der Waals surface area (Å²) in [4.78, 5) is 15.2. The van der Waals surface area contributed by atoms with Crippen LogP contribution in [0.2, 0.25) is 0 Å². The molecule has 1 amide bonds. The molecule has 4 rings (SSSR count). The van der Waals surface area contributed by atoms with E-state index < -0.39 is 5.91 Å². The summed E-state index contributed by atoms with van der Waals surface area (Å²) in [5.41, 5.74) is 4.02. The smallest absolute Gasteiger partial charge is 0.313 e.